The largest absolute Gasteiger partial charge is 0.508 e. The zero-order chi connectivity index (χ0) is 28.0. The van der Waals surface area contributed by atoms with Crippen molar-refractivity contribution in [2.75, 3.05) is 0 Å². The summed E-state index contributed by atoms with van der Waals surface area (Å²) in [6, 6.07) is 36.4. The second kappa shape index (κ2) is 12.1. The van der Waals surface area contributed by atoms with E-state index in [2.05, 4.69) is 26.0 Å². The lowest BCUT2D eigenvalue weighted by Crippen LogP contribution is -2.19. The Kier molecular flexibility index (Phi) is 8.63. The maximum atomic E-state index is 10.4. The standard InChI is InChI=1S/C27H24O2.C8H9ClO/c1-27(2,21-13-15-25(28)23(17-21)19-9-5-3-6-10-19)22-14-16-26(29)24(18-22)20-11-7-4-8-12-20;1-2-6-3-4-7(10)5-8(6)9/h3-18,28-29H,1-2H3;3-5,10H,2H2,1H3. The Labute approximate surface area is 235 Å². The van der Waals surface area contributed by atoms with Crippen LogP contribution >= 0.6 is 11.6 Å². The third-order valence-corrected chi connectivity index (χ3v) is 7.38. The van der Waals surface area contributed by atoms with Gasteiger partial charge in [0.1, 0.15) is 17.2 Å². The molecule has 0 heterocycles. The first-order chi connectivity index (χ1) is 18.7. The molecule has 39 heavy (non-hydrogen) atoms. The first-order valence-electron chi connectivity index (χ1n) is 13.0. The van der Waals surface area contributed by atoms with E-state index >= 15 is 0 Å². The van der Waals surface area contributed by atoms with Gasteiger partial charge < -0.3 is 15.3 Å². The van der Waals surface area contributed by atoms with Crippen molar-refractivity contribution in [3.8, 4) is 39.5 Å². The van der Waals surface area contributed by atoms with Gasteiger partial charge in [-0.05, 0) is 70.6 Å². The number of hydrogen-bond donors (Lipinski definition) is 3. The monoisotopic (exact) mass is 536 g/mol. The van der Waals surface area contributed by atoms with Gasteiger partial charge >= 0.3 is 0 Å². The fourth-order valence-electron chi connectivity index (χ4n) is 4.54. The molecule has 198 valence electrons. The van der Waals surface area contributed by atoms with Crippen LogP contribution in [0, 0.1) is 0 Å². The molecule has 0 bridgehead atoms. The lowest BCUT2D eigenvalue weighted by atomic mass is 9.76. The van der Waals surface area contributed by atoms with E-state index < -0.39 is 0 Å². The van der Waals surface area contributed by atoms with E-state index in [9.17, 15) is 10.2 Å². The summed E-state index contributed by atoms with van der Waals surface area (Å²) in [4.78, 5) is 0. The molecule has 0 saturated carbocycles. The number of phenolic OH excluding ortho intramolecular Hbond substituents is 3. The van der Waals surface area contributed by atoms with Crippen molar-refractivity contribution in [2.24, 2.45) is 0 Å². The van der Waals surface area contributed by atoms with Crippen LogP contribution in [-0.2, 0) is 11.8 Å². The Bertz CT molecular complexity index is 1450. The average molecular weight is 537 g/mol. The number of phenols is 3. The molecule has 3 N–H and O–H groups in total. The maximum Gasteiger partial charge on any atom is 0.123 e. The Morgan fingerprint density at radius 3 is 1.46 bits per heavy atom. The minimum Gasteiger partial charge on any atom is -0.508 e. The highest BCUT2D eigenvalue weighted by atomic mass is 35.5. The van der Waals surface area contributed by atoms with E-state index in [1.807, 2.05) is 85.8 Å². The number of rotatable bonds is 5. The zero-order valence-electron chi connectivity index (χ0n) is 22.4. The van der Waals surface area contributed by atoms with Crippen molar-refractivity contribution in [3.05, 3.63) is 137 Å². The van der Waals surface area contributed by atoms with Crippen LogP contribution in [0.3, 0.4) is 0 Å². The van der Waals surface area contributed by atoms with Gasteiger partial charge in [-0.3, -0.25) is 0 Å². The lowest BCUT2D eigenvalue weighted by Gasteiger charge is -2.28. The molecule has 4 heteroatoms. The van der Waals surface area contributed by atoms with Crippen LogP contribution in [0.5, 0.6) is 17.2 Å². The molecule has 0 amide bonds. The summed E-state index contributed by atoms with van der Waals surface area (Å²) in [6.07, 6.45) is 0.902. The van der Waals surface area contributed by atoms with Gasteiger partial charge in [0.05, 0.1) is 0 Å². The number of aromatic hydroxyl groups is 3. The van der Waals surface area contributed by atoms with Gasteiger partial charge in [0.2, 0.25) is 0 Å². The van der Waals surface area contributed by atoms with Gasteiger partial charge in [-0.1, -0.05) is 111 Å². The third kappa shape index (κ3) is 6.45. The van der Waals surface area contributed by atoms with Crippen molar-refractivity contribution in [1.82, 2.24) is 0 Å². The van der Waals surface area contributed by atoms with E-state index in [0.717, 1.165) is 45.4 Å². The van der Waals surface area contributed by atoms with Gasteiger partial charge in [0.15, 0.2) is 0 Å². The Morgan fingerprint density at radius 2 is 1.05 bits per heavy atom. The summed E-state index contributed by atoms with van der Waals surface area (Å²) in [5.74, 6) is 0.764. The second-order valence-corrected chi connectivity index (χ2v) is 10.4. The van der Waals surface area contributed by atoms with Crippen molar-refractivity contribution in [2.45, 2.75) is 32.6 Å². The Balaban J connectivity index is 0.000000298. The van der Waals surface area contributed by atoms with E-state index in [-0.39, 0.29) is 22.7 Å². The van der Waals surface area contributed by atoms with E-state index in [0.29, 0.717) is 5.02 Å². The first-order valence-corrected chi connectivity index (χ1v) is 13.3. The normalized spacial score (nSPS) is 11.0. The van der Waals surface area contributed by atoms with Gasteiger partial charge in [-0.25, -0.2) is 0 Å². The zero-order valence-corrected chi connectivity index (χ0v) is 23.2. The molecule has 0 saturated heterocycles. The molecule has 0 atom stereocenters. The summed E-state index contributed by atoms with van der Waals surface area (Å²) in [5.41, 5.74) is 6.55. The number of benzene rings is 5. The minimum absolute atomic E-state index is 0.224. The molecule has 0 fully saturated rings. The molecule has 5 aromatic carbocycles. The number of hydrogen-bond acceptors (Lipinski definition) is 3. The SMILES string of the molecule is CC(C)(c1ccc(O)c(-c2ccccc2)c1)c1ccc(O)c(-c2ccccc2)c1.CCc1ccc(O)cc1Cl. The van der Waals surface area contributed by atoms with Crippen LogP contribution in [0.1, 0.15) is 37.5 Å². The van der Waals surface area contributed by atoms with E-state index in [4.69, 9.17) is 16.7 Å². The predicted octanol–water partition coefficient (Wildman–Crippen LogP) is 9.37. The molecule has 5 rings (SSSR count). The molecule has 0 unspecified atom stereocenters. The van der Waals surface area contributed by atoms with Gasteiger partial charge in [-0.15, -0.1) is 0 Å². The van der Waals surface area contributed by atoms with Gasteiger partial charge in [0, 0.05) is 21.6 Å². The second-order valence-electron chi connectivity index (χ2n) is 9.95. The van der Waals surface area contributed by atoms with Crippen LogP contribution in [0.4, 0.5) is 0 Å². The highest BCUT2D eigenvalue weighted by Gasteiger charge is 2.25. The number of halogens is 1. The molecule has 0 aromatic heterocycles. The predicted molar refractivity (Wildman–Crippen MR) is 162 cm³/mol. The van der Waals surface area contributed by atoms with Crippen LogP contribution < -0.4 is 0 Å². The summed E-state index contributed by atoms with van der Waals surface area (Å²) < 4.78 is 0. The molecule has 0 spiro atoms. The molecule has 0 aliphatic heterocycles. The highest BCUT2D eigenvalue weighted by Crippen LogP contribution is 2.40. The summed E-state index contributed by atoms with van der Waals surface area (Å²) in [7, 11) is 0. The van der Waals surface area contributed by atoms with Crippen molar-refractivity contribution < 1.29 is 15.3 Å². The summed E-state index contributed by atoms with van der Waals surface area (Å²) in [6.45, 7) is 6.35. The molecule has 0 radical (unpaired) electrons. The molecular formula is C35H33ClO3. The van der Waals surface area contributed by atoms with Crippen molar-refractivity contribution >= 4 is 11.6 Å². The van der Waals surface area contributed by atoms with E-state index in [1.165, 1.54) is 0 Å². The maximum absolute atomic E-state index is 10.4. The first kappa shape index (κ1) is 27.8. The highest BCUT2D eigenvalue weighted by molar-refractivity contribution is 6.31. The molecule has 5 aromatic rings. The van der Waals surface area contributed by atoms with Crippen LogP contribution in [-0.4, -0.2) is 15.3 Å². The average Bonchev–Trinajstić information content (AvgIpc) is 2.95. The molecular weight excluding hydrogens is 504 g/mol. The van der Waals surface area contributed by atoms with Crippen molar-refractivity contribution in [3.63, 3.8) is 0 Å². The van der Waals surface area contributed by atoms with Crippen molar-refractivity contribution in [1.29, 1.82) is 0 Å². The van der Waals surface area contributed by atoms with Crippen LogP contribution in [0.25, 0.3) is 22.3 Å². The van der Waals surface area contributed by atoms with Gasteiger partial charge in [-0.2, -0.15) is 0 Å². The minimum atomic E-state index is -0.311. The number of aryl methyl sites for hydroxylation is 1. The Hall–Kier alpha value is -4.21. The fraction of sp³-hybridized carbons (Fsp3) is 0.143. The van der Waals surface area contributed by atoms with Gasteiger partial charge in [0.25, 0.3) is 0 Å². The van der Waals surface area contributed by atoms with Crippen LogP contribution in [0.15, 0.2) is 115 Å². The van der Waals surface area contributed by atoms with E-state index in [1.54, 1.807) is 24.3 Å². The molecule has 0 aliphatic carbocycles. The third-order valence-electron chi connectivity index (χ3n) is 7.02. The lowest BCUT2D eigenvalue weighted by molar-refractivity contribution is 0.474. The topological polar surface area (TPSA) is 60.7 Å². The molecule has 3 nitrogen and oxygen atoms in total. The summed E-state index contributed by atoms with van der Waals surface area (Å²) >= 11 is 5.77. The quantitative estimate of drug-likeness (QED) is 0.210. The smallest absolute Gasteiger partial charge is 0.123 e. The van der Waals surface area contributed by atoms with Crippen LogP contribution in [0.2, 0.25) is 5.02 Å². The summed E-state index contributed by atoms with van der Waals surface area (Å²) in [5, 5.41) is 30.4. The Morgan fingerprint density at radius 1 is 0.590 bits per heavy atom. The fourth-order valence-corrected chi connectivity index (χ4v) is 4.85. The molecule has 0 aliphatic rings.